The van der Waals surface area contributed by atoms with Crippen LogP contribution in [0.2, 0.25) is 0 Å². The number of piperidine rings is 1. The molecular formula is C20H29N3O3S. The highest BCUT2D eigenvalue weighted by Gasteiger charge is 2.48. The van der Waals surface area contributed by atoms with Crippen LogP contribution >= 0.6 is 0 Å². The Balaban J connectivity index is 1.31. The number of pyridine rings is 1. The molecule has 1 aliphatic heterocycles. The maximum absolute atomic E-state index is 12.9. The zero-order valence-electron chi connectivity index (χ0n) is 16.0. The minimum Gasteiger partial charge on any atom is -0.310 e. The maximum Gasteiger partial charge on any atom is 0.228 e. The molecule has 2 saturated carbocycles. The first kappa shape index (κ1) is 18.9. The van der Waals surface area contributed by atoms with Crippen molar-refractivity contribution in [2.45, 2.75) is 51.9 Å². The van der Waals surface area contributed by atoms with Crippen LogP contribution in [-0.2, 0) is 14.8 Å². The van der Waals surface area contributed by atoms with Crippen LogP contribution in [0.25, 0.3) is 0 Å². The molecule has 1 aromatic heterocycles. The van der Waals surface area contributed by atoms with Gasteiger partial charge < -0.3 is 5.32 Å². The van der Waals surface area contributed by atoms with Gasteiger partial charge in [0.05, 0.1) is 5.75 Å². The summed E-state index contributed by atoms with van der Waals surface area (Å²) in [5.74, 6) is 1.40. The van der Waals surface area contributed by atoms with Crippen LogP contribution in [0.3, 0.4) is 0 Å². The molecule has 1 amide bonds. The van der Waals surface area contributed by atoms with Crippen molar-refractivity contribution >= 4 is 21.7 Å². The first-order chi connectivity index (χ1) is 12.9. The van der Waals surface area contributed by atoms with Crippen molar-refractivity contribution in [1.29, 1.82) is 0 Å². The average molecular weight is 392 g/mol. The van der Waals surface area contributed by atoms with Gasteiger partial charge in [-0.3, -0.25) is 4.79 Å². The lowest BCUT2D eigenvalue weighted by molar-refractivity contribution is -0.120. The van der Waals surface area contributed by atoms with Crippen molar-refractivity contribution in [3.63, 3.8) is 0 Å². The Morgan fingerprint density at radius 1 is 1.22 bits per heavy atom. The summed E-state index contributed by atoms with van der Waals surface area (Å²) in [6.45, 7) is 2.84. The van der Waals surface area contributed by atoms with Gasteiger partial charge in [-0.1, -0.05) is 6.07 Å². The molecule has 1 saturated heterocycles. The Bertz CT molecular complexity index is 790. The van der Waals surface area contributed by atoms with Crippen LogP contribution in [0.1, 0.15) is 50.5 Å². The number of nitrogens with zero attached hydrogens (tertiary/aromatic N) is 2. The molecule has 27 heavy (non-hydrogen) atoms. The number of amides is 1. The first-order valence-electron chi connectivity index (χ1n) is 10.1. The van der Waals surface area contributed by atoms with Gasteiger partial charge in [0.1, 0.15) is 5.82 Å². The molecule has 0 radical (unpaired) electrons. The SMILES string of the molecule is Cc1ccc(NC(=O)C2CCN(S(=O)(=O)CC34CCC(CC3)C4)CC2)nc1. The largest absolute Gasteiger partial charge is 0.310 e. The predicted molar refractivity (Wildman–Crippen MR) is 105 cm³/mol. The van der Waals surface area contributed by atoms with E-state index in [0.29, 0.717) is 37.5 Å². The molecule has 6 nitrogen and oxygen atoms in total. The highest BCUT2D eigenvalue weighted by Crippen LogP contribution is 2.54. The topological polar surface area (TPSA) is 79.4 Å². The number of carbonyl (C=O) groups is 1. The molecule has 0 spiro atoms. The highest BCUT2D eigenvalue weighted by atomic mass is 32.2. The fourth-order valence-electron chi connectivity index (χ4n) is 5.16. The number of hydrogen-bond donors (Lipinski definition) is 1. The summed E-state index contributed by atoms with van der Waals surface area (Å²) in [6, 6.07) is 3.70. The number of carbonyl (C=O) groups excluding carboxylic acids is 1. The van der Waals surface area contributed by atoms with Gasteiger partial charge in [-0.25, -0.2) is 17.7 Å². The van der Waals surface area contributed by atoms with Gasteiger partial charge in [-0.15, -0.1) is 0 Å². The second kappa shape index (κ2) is 7.17. The number of aromatic nitrogens is 1. The van der Waals surface area contributed by atoms with Gasteiger partial charge in [0, 0.05) is 25.2 Å². The number of hydrogen-bond acceptors (Lipinski definition) is 4. The molecular weight excluding hydrogens is 362 g/mol. The number of aryl methyl sites for hydroxylation is 1. The van der Waals surface area contributed by atoms with E-state index in [4.69, 9.17) is 0 Å². The molecule has 2 aliphatic carbocycles. The van der Waals surface area contributed by atoms with Crippen LogP contribution in [0.4, 0.5) is 5.82 Å². The van der Waals surface area contributed by atoms with Gasteiger partial charge in [-0.05, 0) is 74.8 Å². The van der Waals surface area contributed by atoms with Crippen molar-refractivity contribution in [2.75, 3.05) is 24.2 Å². The summed E-state index contributed by atoms with van der Waals surface area (Å²) in [7, 11) is -3.23. The summed E-state index contributed by atoms with van der Waals surface area (Å²) < 4.78 is 27.5. The monoisotopic (exact) mass is 391 g/mol. The van der Waals surface area contributed by atoms with Gasteiger partial charge >= 0.3 is 0 Å². The maximum atomic E-state index is 12.9. The van der Waals surface area contributed by atoms with Crippen molar-refractivity contribution in [1.82, 2.24) is 9.29 Å². The van der Waals surface area contributed by atoms with Gasteiger partial charge in [-0.2, -0.15) is 0 Å². The minimum atomic E-state index is -3.23. The van der Waals surface area contributed by atoms with Crippen molar-refractivity contribution < 1.29 is 13.2 Å². The highest BCUT2D eigenvalue weighted by molar-refractivity contribution is 7.89. The number of fused-ring (bicyclic) bond motifs is 2. The van der Waals surface area contributed by atoms with Gasteiger partial charge in [0.15, 0.2) is 0 Å². The van der Waals surface area contributed by atoms with Crippen LogP contribution in [-0.4, -0.2) is 42.5 Å². The van der Waals surface area contributed by atoms with Gasteiger partial charge in [0.2, 0.25) is 15.9 Å². The second-order valence-electron chi connectivity index (χ2n) is 8.79. The van der Waals surface area contributed by atoms with E-state index in [2.05, 4.69) is 10.3 Å². The lowest BCUT2D eigenvalue weighted by Gasteiger charge is -2.34. The summed E-state index contributed by atoms with van der Waals surface area (Å²) >= 11 is 0. The molecule has 0 atom stereocenters. The summed E-state index contributed by atoms with van der Waals surface area (Å²) in [5.41, 5.74) is 1.08. The van der Waals surface area contributed by atoms with Crippen molar-refractivity contribution in [3.8, 4) is 0 Å². The fourth-order valence-corrected chi connectivity index (χ4v) is 7.29. The molecule has 2 bridgehead atoms. The lowest BCUT2D eigenvalue weighted by atomic mass is 9.87. The van der Waals surface area contributed by atoms with E-state index in [-0.39, 0.29) is 17.2 Å². The van der Waals surface area contributed by atoms with Crippen LogP contribution in [0.15, 0.2) is 18.3 Å². The standard InChI is InChI=1S/C20H29N3O3S/c1-15-2-3-18(21-13-15)22-19(24)17-6-10-23(11-7-17)27(25,26)14-20-8-4-16(12-20)5-9-20/h2-3,13,16-17H,4-12,14H2,1H3,(H,21,22,24). The Labute approximate surface area is 161 Å². The average Bonchev–Trinajstić information content (AvgIpc) is 3.23. The van der Waals surface area contributed by atoms with Crippen LogP contribution < -0.4 is 5.32 Å². The molecule has 0 aromatic carbocycles. The number of anilines is 1. The second-order valence-corrected chi connectivity index (χ2v) is 10.8. The minimum absolute atomic E-state index is 0.0365. The third-order valence-corrected chi connectivity index (χ3v) is 8.89. The number of nitrogens with one attached hydrogen (secondary N) is 1. The molecule has 4 rings (SSSR count). The summed E-state index contributed by atoms with van der Waals surface area (Å²) in [6.07, 6.45) is 8.50. The lowest BCUT2D eigenvalue weighted by Crippen LogP contribution is -2.44. The molecule has 7 heteroatoms. The van der Waals surface area contributed by atoms with E-state index in [1.807, 2.05) is 13.0 Å². The molecule has 3 fully saturated rings. The van der Waals surface area contributed by atoms with Crippen molar-refractivity contribution in [2.24, 2.45) is 17.3 Å². The van der Waals surface area contributed by atoms with Crippen LogP contribution in [0.5, 0.6) is 0 Å². The quantitative estimate of drug-likeness (QED) is 0.837. The Morgan fingerprint density at radius 3 is 2.48 bits per heavy atom. The summed E-state index contributed by atoms with van der Waals surface area (Å²) in [4.78, 5) is 16.7. The molecule has 148 valence electrons. The Hall–Kier alpha value is -1.47. The number of rotatable bonds is 5. The van der Waals surface area contributed by atoms with Crippen LogP contribution in [0, 0.1) is 24.2 Å². The van der Waals surface area contributed by atoms with Gasteiger partial charge in [0.25, 0.3) is 0 Å². The van der Waals surface area contributed by atoms with E-state index in [1.165, 1.54) is 12.8 Å². The third-order valence-electron chi connectivity index (χ3n) is 6.76. The zero-order valence-corrected chi connectivity index (χ0v) is 16.8. The molecule has 1 aromatic rings. The molecule has 0 unspecified atom stereocenters. The summed E-state index contributed by atoms with van der Waals surface area (Å²) in [5, 5.41) is 2.85. The fraction of sp³-hybridized carbons (Fsp3) is 0.700. The third kappa shape index (κ3) is 4.04. The normalized spacial score (nSPS) is 29.1. The zero-order chi connectivity index (χ0) is 19.1. The van der Waals surface area contributed by atoms with E-state index in [9.17, 15) is 13.2 Å². The molecule has 2 heterocycles. The van der Waals surface area contributed by atoms with E-state index in [0.717, 1.165) is 30.7 Å². The molecule has 1 N–H and O–H groups in total. The first-order valence-corrected chi connectivity index (χ1v) is 11.7. The van der Waals surface area contributed by atoms with E-state index < -0.39 is 10.0 Å². The Kier molecular flexibility index (Phi) is 5.01. The molecule has 3 aliphatic rings. The van der Waals surface area contributed by atoms with Crippen molar-refractivity contribution in [3.05, 3.63) is 23.9 Å². The predicted octanol–water partition coefficient (Wildman–Crippen LogP) is 2.95. The smallest absolute Gasteiger partial charge is 0.228 e. The van der Waals surface area contributed by atoms with E-state index >= 15 is 0 Å². The number of sulfonamides is 1. The Morgan fingerprint density at radius 2 is 1.93 bits per heavy atom. The van der Waals surface area contributed by atoms with E-state index in [1.54, 1.807) is 16.6 Å².